The summed E-state index contributed by atoms with van der Waals surface area (Å²) in [7, 11) is 0. The van der Waals surface area contributed by atoms with Gasteiger partial charge in [-0.3, -0.25) is 4.40 Å². The fourth-order valence-electron chi connectivity index (χ4n) is 2.30. The number of hydrogen-bond acceptors (Lipinski definition) is 4. The van der Waals surface area contributed by atoms with E-state index in [0.717, 1.165) is 17.0 Å². The summed E-state index contributed by atoms with van der Waals surface area (Å²) < 4.78 is 7.11. The van der Waals surface area contributed by atoms with E-state index in [4.69, 9.17) is 4.74 Å². The van der Waals surface area contributed by atoms with Crippen molar-refractivity contribution in [2.24, 2.45) is 0 Å². The van der Waals surface area contributed by atoms with E-state index in [-0.39, 0.29) is 5.69 Å². The van der Waals surface area contributed by atoms with Crippen molar-refractivity contribution in [1.82, 2.24) is 9.38 Å². The molecule has 0 fully saturated rings. The number of thiazole rings is 1. The van der Waals surface area contributed by atoms with Crippen LogP contribution in [0.25, 0.3) is 16.2 Å². The highest BCUT2D eigenvalue weighted by molar-refractivity contribution is 7.15. The number of carboxylic acid groups (broad SMARTS) is 1. The zero-order chi connectivity index (χ0) is 15.0. The average molecular weight is 302 g/mol. The molecule has 2 aromatic heterocycles. The molecule has 0 saturated carbocycles. The lowest BCUT2D eigenvalue weighted by Gasteiger charge is -2.05. The van der Waals surface area contributed by atoms with Crippen LogP contribution in [0.2, 0.25) is 0 Å². The molecule has 0 saturated heterocycles. The van der Waals surface area contributed by atoms with Crippen LogP contribution in [-0.2, 0) is 0 Å². The van der Waals surface area contributed by atoms with Gasteiger partial charge in [-0.15, -0.1) is 11.3 Å². The van der Waals surface area contributed by atoms with E-state index in [0.29, 0.717) is 17.3 Å². The first-order chi connectivity index (χ1) is 10.1. The van der Waals surface area contributed by atoms with Gasteiger partial charge in [-0.1, -0.05) is 0 Å². The average Bonchev–Trinajstić information content (AvgIpc) is 2.97. The zero-order valence-electron chi connectivity index (χ0n) is 11.7. The molecule has 21 heavy (non-hydrogen) atoms. The number of carbonyl (C=O) groups is 1. The van der Waals surface area contributed by atoms with Crippen LogP contribution in [0.1, 0.15) is 23.1 Å². The van der Waals surface area contributed by atoms with E-state index in [1.807, 2.05) is 36.6 Å². The second-order valence-electron chi connectivity index (χ2n) is 4.55. The molecule has 5 nitrogen and oxygen atoms in total. The first kappa shape index (κ1) is 13.6. The maximum absolute atomic E-state index is 11.4. The molecule has 0 radical (unpaired) electrons. The minimum Gasteiger partial charge on any atom is -0.494 e. The molecule has 6 heteroatoms. The van der Waals surface area contributed by atoms with Crippen LogP contribution in [-0.4, -0.2) is 27.1 Å². The summed E-state index contributed by atoms with van der Waals surface area (Å²) in [5.41, 5.74) is 2.51. The molecule has 108 valence electrons. The van der Waals surface area contributed by atoms with Gasteiger partial charge in [0.15, 0.2) is 10.7 Å². The molecule has 0 atom stereocenters. The summed E-state index contributed by atoms with van der Waals surface area (Å²) in [5.74, 6) is -0.168. The molecular formula is C15H14N2O3S. The van der Waals surface area contributed by atoms with Crippen molar-refractivity contribution in [2.45, 2.75) is 13.8 Å². The molecule has 3 aromatic rings. The molecule has 1 aromatic carbocycles. The number of rotatable bonds is 4. The third-order valence-corrected chi connectivity index (χ3v) is 4.03. The van der Waals surface area contributed by atoms with Crippen LogP contribution >= 0.6 is 11.3 Å². The van der Waals surface area contributed by atoms with Gasteiger partial charge in [0.2, 0.25) is 0 Å². The molecule has 0 aliphatic carbocycles. The molecule has 0 amide bonds. The van der Waals surface area contributed by atoms with Crippen LogP contribution in [0.4, 0.5) is 0 Å². The summed E-state index contributed by atoms with van der Waals surface area (Å²) in [5, 5.41) is 11.3. The van der Waals surface area contributed by atoms with Crippen LogP contribution in [0, 0.1) is 6.92 Å². The van der Waals surface area contributed by atoms with Gasteiger partial charge in [-0.25, -0.2) is 9.78 Å². The van der Waals surface area contributed by atoms with E-state index < -0.39 is 5.97 Å². The van der Waals surface area contributed by atoms with Gasteiger partial charge in [0, 0.05) is 5.38 Å². The zero-order valence-corrected chi connectivity index (χ0v) is 12.5. The number of ether oxygens (including phenoxy) is 1. The molecule has 0 aliphatic rings. The standard InChI is InChI=1S/C15H14N2O3S/c1-3-20-11-6-4-10(5-7-11)12-8-21-15-16-9(2)13(14(18)19)17(12)15/h4-8H,3H2,1-2H3,(H,18,19). The second-order valence-corrected chi connectivity index (χ2v) is 5.38. The van der Waals surface area contributed by atoms with Gasteiger partial charge < -0.3 is 9.84 Å². The van der Waals surface area contributed by atoms with Gasteiger partial charge in [0.1, 0.15) is 5.75 Å². The minimum atomic E-state index is -0.967. The molecule has 0 aliphatic heterocycles. The van der Waals surface area contributed by atoms with Crippen molar-refractivity contribution in [3.05, 3.63) is 41.0 Å². The Morgan fingerprint density at radius 2 is 2.10 bits per heavy atom. The number of fused-ring (bicyclic) bond motifs is 1. The Balaban J connectivity index is 2.14. The molecule has 1 N–H and O–H groups in total. The van der Waals surface area contributed by atoms with Crippen LogP contribution in [0.3, 0.4) is 0 Å². The quantitative estimate of drug-likeness (QED) is 0.801. The van der Waals surface area contributed by atoms with Crippen molar-refractivity contribution in [2.75, 3.05) is 6.61 Å². The van der Waals surface area contributed by atoms with Crippen LogP contribution in [0.15, 0.2) is 29.6 Å². The van der Waals surface area contributed by atoms with Crippen LogP contribution in [0.5, 0.6) is 5.75 Å². The van der Waals surface area contributed by atoms with Gasteiger partial charge >= 0.3 is 5.97 Å². The summed E-state index contributed by atoms with van der Waals surface area (Å²) in [6.07, 6.45) is 0. The first-order valence-corrected chi connectivity index (χ1v) is 7.43. The smallest absolute Gasteiger partial charge is 0.354 e. The Hall–Kier alpha value is -2.34. The lowest BCUT2D eigenvalue weighted by molar-refractivity contribution is 0.0688. The molecule has 0 spiro atoms. The normalized spacial score (nSPS) is 11.0. The largest absolute Gasteiger partial charge is 0.494 e. The van der Waals surface area contributed by atoms with E-state index in [9.17, 15) is 9.90 Å². The van der Waals surface area contributed by atoms with E-state index in [2.05, 4.69) is 4.98 Å². The summed E-state index contributed by atoms with van der Waals surface area (Å²) >= 11 is 1.43. The van der Waals surface area contributed by atoms with Crippen molar-refractivity contribution >= 4 is 22.3 Å². The van der Waals surface area contributed by atoms with Crippen molar-refractivity contribution in [3.63, 3.8) is 0 Å². The number of hydrogen-bond donors (Lipinski definition) is 1. The Morgan fingerprint density at radius 1 is 1.38 bits per heavy atom. The summed E-state index contributed by atoms with van der Waals surface area (Å²) in [6, 6.07) is 7.61. The number of nitrogens with zero attached hydrogens (tertiary/aromatic N) is 2. The molecule has 3 rings (SSSR count). The monoisotopic (exact) mass is 302 g/mol. The fraction of sp³-hybridized carbons (Fsp3) is 0.200. The number of imidazole rings is 1. The summed E-state index contributed by atoms with van der Waals surface area (Å²) in [4.78, 5) is 16.4. The molecular weight excluding hydrogens is 288 g/mol. The van der Waals surface area contributed by atoms with Gasteiger partial charge in [0.05, 0.1) is 18.0 Å². The second kappa shape index (κ2) is 5.21. The van der Waals surface area contributed by atoms with Gasteiger partial charge in [-0.2, -0.15) is 0 Å². The third-order valence-electron chi connectivity index (χ3n) is 3.20. The van der Waals surface area contributed by atoms with E-state index >= 15 is 0 Å². The minimum absolute atomic E-state index is 0.218. The van der Waals surface area contributed by atoms with E-state index in [1.54, 1.807) is 11.3 Å². The number of benzene rings is 1. The maximum Gasteiger partial charge on any atom is 0.354 e. The highest BCUT2D eigenvalue weighted by Gasteiger charge is 2.20. The predicted molar refractivity (Wildman–Crippen MR) is 81.4 cm³/mol. The molecule has 0 bridgehead atoms. The van der Waals surface area contributed by atoms with Crippen molar-refractivity contribution < 1.29 is 14.6 Å². The first-order valence-electron chi connectivity index (χ1n) is 6.55. The number of aromatic nitrogens is 2. The van der Waals surface area contributed by atoms with Crippen molar-refractivity contribution in [3.8, 4) is 17.0 Å². The number of aryl methyl sites for hydroxylation is 1. The Bertz CT molecular complexity index is 802. The van der Waals surface area contributed by atoms with Crippen molar-refractivity contribution in [1.29, 1.82) is 0 Å². The lowest BCUT2D eigenvalue weighted by Crippen LogP contribution is -2.04. The molecule has 2 heterocycles. The topological polar surface area (TPSA) is 63.8 Å². The Kier molecular flexibility index (Phi) is 3.39. The predicted octanol–water partition coefficient (Wildman–Crippen LogP) is 3.47. The third kappa shape index (κ3) is 2.27. The van der Waals surface area contributed by atoms with E-state index in [1.165, 1.54) is 11.3 Å². The Morgan fingerprint density at radius 3 is 2.71 bits per heavy atom. The van der Waals surface area contributed by atoms with Gasteiger partial charge in [-0.05, 0) is 43.7 Å². The number of carboxylic acids is 1. The fourth-order valence-corrected chi connectivity index (χ4v) is 3.25. The molecule has 0 unspecified atom stereocenters. The lowest BCUT2D eigenvalue weighted by atomic mass is 10.1. The Labute approximate surface area is 125 Å². The SMILES string of the molecule is CCOc1ccc(-c2csc3nc(C)c(C(=O)O)n23)cc1. The highest BCUT2D eigenvalue weighted by Crippen LogP contribution is 2.30. The highest BCUT2D eigenvalue weighted by atomic mass is 32.1. The number of aromatic carboxylic acids is 1. The van der Waals surface area contributed by atoms with Crippen LogP contribution < -0.4 is 4.74 Å². The van der Waals surface area contributed by atoms with Gasteiger partial charge in [0.25, 0.3) is 0 Å². The summed E-state index contributed by atoms with van der Waals surface area (Å²) in [6.45, 7) is 4.26. The maximum atomic E-state index is 11.4.